The highest BCUT2D eigenvalue weighted by Crippen LogP contribution is 2.32. The molecule has 1 aromatic heterocycles. The topological polar surface area (TPSA) is 88.8 Å². The van der Waals surface area contributed by atoms with E-state index in [4.69, 9.17) is 20.8 Å². The Morgan fingerprint density at radius 1 is 1.35 bits per heavy atom. The van der Waals surface area contributed by atoms with Gasteiger partial charge in [0.15, 0.2) is 0 Å². The zero-order valence-electron chi connectivity index (χ0n) is 17.9. The molecule has 166 valence electrons. The van der Waals surface area contributed by atoms with Gasteiger partial charge in [-0.3, -0.25) is 9.59 Å². The molecule has 1 fully saturated rings. The van der Waals surface area contributed by atoms with E-state index >= 15 is 0 Å². The average Bonchev–Trinajstić information content (AvgIpc) is 3.12. The molecular formula is C23H27ClN2O5. The Kier molecular flexibility index (Phi) is 7.38. The van der Waals surface area contributed by atoms with Gasteiger partial charge in [-0.1, -0.05) is 18.2 Å². The maximum atomic E-state index is 12.5. The standard InChI is InChI=1S/C23H27ClN2O5/c1-14(2)13-30-20-12-19-16(10-18(20)24)15(3)17(23(29)31-19)11-21(27)25-7-5-9-26-8-4-6-22(26)28/h10,12H,1,4-9,11,13H2,2-3H3,(H,25,27). The molecule has 8 heteroatoms. The molecule has 0 radical (unpaired) electrons. The van der Waals surface area contributed by atoms with Crippen LogP contribution in [0.15, 0.2) is 33.5 Å². The number of ether oxygens (including phenoxy) is 1. The van der Waals surface area contributed by atoms with E-state index in [2.05, 4.69) is 11.9 Å². The Balaban J connectivity index is 1.66. The molecule has 0 atom stereocenters. The number of carbonyl (C=O) groups is 2. The van der Waals surface area contributed by atoms with Crippen molar-refractivity contribution in [1.82, 2.24) is 10.2 Å². The van der Waals surface area contributed by atoms with Crippen LogP contribution in [0.1, 0.15) is 37.3 Å². The van der Waals surface area contributed by atoms with E-state index in [9.17, 15) is 14.4 Å². The molecule has 0 saturated carbocycles. The first-order chi connectivity index (χ1) is 14.8. The molecule has 0 unspecified atom stereocenters. The minimum Gasteiger partial charge on any atom is -0.488 e. The quantitative estimate of drug-likeness (QED) is 0.362. The van der Waals surface area contributed by atoms with E-state index in [0.717, 1.165) is 18.5 Å². The van der Waals surface area contributed by atoms with Crippen LogP contribution in [0, 0.1) is 6.92 Å². The van der Waals surface area contributed by atoms with Gasteiger partial charge in [0.1, 0.15) is 17.9 Å². The highest BCUT2D eigenvalue weighted by molar-refractivity contribution is 6.32. The fourth-order valence-electron chi connectivity index (χ4n) is 3.57. The van der Waals surface area contributed by atoms with Gasteiger partial charge in [-0.15, -0.1) is 0 Å². The maximum Gasteiger partial charge on any atom is 0.340 e. The summed E-state index contributed by atoms with van der Waals surface area (Å²) in [5.74, 6) is 0.305. The Labute approximate surface area is 186 Å². The van der Waals surface area contributed by atoms with E-state index in [1.54, 1.807) is 19.1 Å². The largest absolute Gasteiger partial charge is 0.488 e. The average molecular weight is 447 g/mol. The lowest BCUT2D eigenvalue weighted by atomic mass is 10.0. The lowest BCUT2D eigenvalue weighted by Gasteiger charge is -2.15. The van der Waals surface area contributed by atoms with Gasteiger partial charge in [-0.05, 0) is 43.9 Å². The number of aryl methyl sites for hydroxylation is 1. The van der Waals surface area contributed by atoms with Crippen molar-refractivity contribution in [1.29, 1.82) is 0 Å². The SMILES string of the molecule is C=C(C)COc1cc2oc(=O)c(CC(=O)NCCCN3CCCC3=O)c(C)c2cc1Cl. The molecule has 0 bridgehead atoms. The predicted molar refractivity (Wildman–Crippen MR) is 120 cm³/mol. The van der Waals surface area contributed by atoms with Crippen LogP contribution in [-0.2, 0) is 16.0 Å². The first kappa shape index (κ1) is 22.9. The fraction of sp³-hybridized carbons (Fsp3) is 0.435. The third-order valence-electron chi connectivity index (χ3n) is 5.25. The molecule has 2 amide bonds. The summed E-state index contributed by atoms with van der Waals surface area (Å²) in [5, 5.41) is 3.85. The van der Waals surface area contributed by atoms with Crippen molar-refractivity contribution >= 4 is 34.4 Å². The first-order valence-corrected chi connectivity index (χ1v) is 10.7. The van der Waals surface area contributed by atoms with E-state index in [1.807, 2.05) is 11.8 Å². The highest BCUT2D eigenvalue weighted by Gasteiger charge is 2.20. The molecule has 31 heavy (non-hydrogen) atoms. The van der Waals surface area contributed by atoms with Crippen LogP contribution in [0.5, 0.6) is 5.75 Å². The van der Waals surface area contributed by atoms with Gasteiger partial charge < -0.3 is 19.4 Å². The second-order valence-electron chi connectivity index (χ2n) is 7.88. The minimum atomic E-state index is -0.559. The minimum absolute atomic E-state index is 0.0850. The van der Waals surface area contributed by atoms with Crippen LogP contribution >= 0.6 is 11.6 Å². The maximum absolute atomic E-state index is 12.5. The summed E-state index contributed by atoms with van der Waals surface area (Å²) in [6.07, 6.45) is 2.09. The monoisotopic (exact) mass is 446 g/mol. The summed E-state index contributed by atoms with van der Waals surface area (Å²) in [7, 11) is 0. The molecule has 0 aliphatic carbocycles. The third-order valence-corrected chi connectivity index (χ3v) is 5.54. The second-order valence-corrected chi connectivity index (χ2v) is 8.29. The lowest BCUT2D eigenvalue weighted by molar-refractivity contribution is -0.127. The Morgan fingerprint density at radius 3 is 2.81 bits per heavy atom. The smallest absolute Gasteiger partial charge is 0.340 e. The summed E-state index contributed by atoms with van der Waals surface area (Å²) in [6, 6.07) is 3.26. The third kappa shape index (κ3) is 5.67. The van der Waals surface area contributed by atoms with Gasteiger partial charge in [-0.2, -0.15) is 0 Å². The number of carbonyl (C=O) groups excluding carboxylic acids is 2. The molecule has 3 rings (SSSR count). The molecule has 1 aliphatic rings. The summed E-state index contributed by atoms with van der Waals surface area (Å²) in [4.78, 5) is 38.3. The summed E-state index contributed by atoms with van der Waals surface area (Å²) < 4.78 is 11.0. The molecule has 2 heterocycles. The van der Waals surface area contributed by atoms with E-state index < -0.39 is 5.63 Å². The predicted octanol–water partition coefficient (Wildman–Crippen LogP) is 3.38. The van der Waals surface area contributed by atoms with E-state index in [-0.39, 0.29) is 18.2 Å². The van der Waals surface area contributed by atoms with E-state index in [0.29, 0.717) is 65.4 Å². The van der Waals surface area contributed by atoms with Crippen LogP contribution in [0.2, 0.25) is 5.02 Å². The molecule has 7 nitrogen and oxygen atoms in total. The van der Waals surface area contributed by atoms with Crippen molar-refractivity contribution in [2.24, 2.45) is 0 Å². The van der Waals surface area contributed by atoms with Crippen molar-refractivity contribution in [2.45, 2.75) is 39.5 Å². The van der Waals surface area contributed by atoms with Crippen molar-refractivity contribution in [3.8, 4) is 5.75 Å². The molecule has 1 saturated heterocycles. The zero-order valence-corrected chi connectivity index (χ0v) is 18.6. The first-order valence-electron chi connectivity index (χ1n) is 10.3. The number of nitrogens with one attached hydrogen (secondary N) is 1. The summed E-state index contributed by atoms with van der Waals surface area (Å²) in [6.45, 7) is 9.55. The lowest BCUT2D eigenvalue weighted by Crippen LogP contribution is -2.32. The van der Waals surface area contributed by atoms with Crippen molar-refractivity contribution < 1.29 is 18.7 Å². The van der Waals surface area contributed by atoms with Crippen LogP contribution in [0.3, 0.4) is 0 Å². The highest BCUT2D eigenvalue weighted by atomic mass is 35.5. The number of rotatable bonds is 9. The summed E-state index contributed by atoms with van der Waals surface area (Å²) in [5.41, 5.74) is 1.57. The number of benzene rings is 1. The van der Waals surface area contributed by atoms with Crippen LogP contribution in [0.25, 0.3) is 11.0 Å². The normalized spacial score (nSPS) is 13.6. The molecule has 0 spiro atoms. The van der Waals surface area contributed by atoms with Gasteiger partial charge in [0, 0.05) is 37.5 Å². The van der Waals surface area contributed by atoms with Crippen molar-refractivity contribution in [3.05, 3.63) is 50.9 Å². The van der Waals surface area contributed by atoms with Gasteiger partial charge >= 0.3 is 5.63 Å². The number of amides is 2. The number of nitrogens with zero attached hydrogens (tertiary/aromatic N) is 1. The number of likely N-dealkylation sites (tertiary alicyclic amines) is 1. The number of fused-ring (bicyclic) bond motifs is 1. The Hall–Kier alpha value is -2.80. The fourth-order valence-corrected chi connectivity index (χ4v) is 3.79. The molecule has 2 aromatic rings. The van der Waals surface area contributed by atoms with Crippen molar-refractivity contribution in [3.63, 3.8) is 0 Å². The second kappa shape index (κ2) is 10.0. The summed E-state index contributed by atoms with van der Waals surface area (Å²) >= 11 is 6.32. The molecule has 1 aromatic carbocycles. The van der Waals surface area contributed by atoms with Gasteiger partial charge in [-0.25, -0.2) is 4.79 Å². The van der Waals surface area contributed by atoms with Crippen LogP contribution in [-0.4, -0.2) is 43.0 Å². The van der Waals surface area contributed by atoms with Gasteiger partial charge in [0.05, 0.1) is 17.0 Å². The number of halogens is 1. The van der Waals surface area contributed by atoms with Crippen LogP contribution < -0.4 is 15.7 Å². The van der Waals surface area contributed by atoms with Crippen molar-refractivity contribution in [2.75, 3.05) is 26.2 Å². The molecule has 1 N–H and O–H groups in total. The van der Waals surface area contributed by atoms with Gasteiger partial charge in [0.25, 0.3) is 0 Å². The molecule has 1 aliphatic heterocycles. The van der Waals surface area contributed by atoms with E-state index in [1.165, 1.54) is 0 Å². The number of hydrogen-bond acceptors (Lipinski definition) is 5. The van der Waals surface area contributed by atoms with Crippen LogP contribution in [0.4, 0.5) is 0 Å². The number of hydrogen-bond donors (Lipinski definition) is 1. The zero-order chi connectivity index (χ0) is 22.5. The van der Waals surface area contributed by atoms with Gasteiger partial charge in [0.2, 0.25) is 11.8 Å². The molecular weight excluding hydrogens is 420 g/mol. The Morgan fingerprint density at radius 2 is 2.13 bits per heavy atom. The Bertz CT molecular complexity index is 1080.